The molecule has 3 rings (SSSR count). The molecule has 0 saturated heterocycles. The molecule has 1 amide bonds. The van der Waals surface area contributed by atoms with E-state index in [0.29, 0.717) is 18.8 Å². The molecule has 0 spiro atoms. The van der Waals surface area contributed by atoms with Crippen LogP contribution in [0.2, 0.25) is 0 Å². The Morgan fingerprint density at radius 1 is 1.20 bits per heavy atom. The summed E-state index contributed by atoms with van der Waals surface area (Å²) >= 11 is 0. The van der Waals surface area contributed by atoms with Gasteiger partial charge in [0.05, 0.1) is 12.8 Å². The highest BCUT2D eigenvalue weighted by Gasteiger charge is 2.13. The minimum absolute atomic E-state index is 0.00426. The molecule has 2 aromatic heterocycles. The van der Waals surface area contributed by atoms with Gasteiger partial charge >= 0.3 is 0 Å². The number of nitrogens with one attached hydrogen (secondary N) is 1. The first-order valence-corrected chi connectivity index (χ1v) is 7.82. The van der Waals surface area contributed by atoms with Crippen LogP contribution in [-0.4, -0.2) is 32.7 Å². The van der Waals surface area contributed by atoms with E-state index in [1.54, 1.807) is 6.20 Å². The van der Waals surface area contributed by atoms with Crippen molar-refractivity contribution in [2.75, 3.05) is 6.61 Å². The van der Waals surface area contributed by atoms with E-state index in [1.807, 2.05) is 31.2 Å². The second-order valence-electron chi connectivity index (χ2n) is 5.12. The molecule has 25 heavy (non-hydrogen) atoms. The van der Waals surface area contributed by atoms with Gasteiger partial charge in [0.2, 0.25) is 11.8 Å². The molecule has 0 aliphatic carbocycles. The fraction of sp³-hybridized carbons (Fsp3) is 0.235. The molecule has 0 unspecified atom stereocenters. The molecule has 0 fully saturated rings. The molecule has 8 heteroatoms. The number of carbonyl (C=O) groups is 1. The lowest BCUT2D eigenvalue weighted by atomic mass is 10.2. The topological polar surface area (TPSA) is 103 Å². The van der Waals surface area contributed by atoms with Crippen LogP contribution in [0.1, 0.15) is 18.4 Å². The monoisotopic (exact) mass is 339 g/mol. The Kier molecular flexibility index (Phi) is 5.30. The molecule has 0 aliphatic heterocycles. The third-order valence-electron chi connectivity index (χ3n) is 3.28. The summed E-state index contributed by atoms with van der Waals surface area (Å²) in [5, 5.41) is 10.5. The van der Waals surface area contributed by atoms with Crippen molar-refractivity contribution < 1.29 is 13.9 Å². The number of benzene rings is 1. The number of hydrogen-bond acceptors (Lipinski definition) is 7. The molecule has 0 radical (unpaired) electrons. The standard InChI is InChI=1S/C17H17N5O3/c1-2-24-13-5-3-12(4-6-13)10-20-15(23)9-16-21-22-17(25-16)14-11-18-7-8-19-14/h3-8,11H,2,9-10H2,1H3,(H,20,23). The quantitative estimate of drug-likeness (QED) is 0.700. The molecule has 8 nitrogen and oxygen atoms in total. The van der Waals surface area contributed by atoms with Gasteiger partial charge in [0.15, 0.2) is 0 Å². The lowest BCUT2D eigenvalue weighted by molar-refractivity contribution is -0.120. The third kappa shape index (κ3) is 4.60. The Bertz CT molecular complexity index is 818. The number of aromatic nitrogens is 4. The lowest BCUT2D eigenvalue weighted by Gasteiger charge is -2.06. The average Bonchev–Trinajstić information content (AvgIpc) is 3.11. The largest absolute Gasteiger partial charge is 0.494 e. The van der Waals surface area contributed by atoms with Gasteiger partial charge < -0.3 is 14.5 Å². The Hall–Kier alpha value is -3.29. The van der Waals surface area contributed by atoms with Crippen LogP contribution in [0.3, 0.4) is 0 Å². The first kappa shape index (κ1) is 16.6. The molecule has 1 aromatic carbocycles. The van der Waals surface area contributed by atoms with Crippen molar-refractivity contribution in [3.05, 3.63) is 54.3 Å². The van der Waals surface area contributed by atoms with Gasteiger partial charge in [0, 0.05) is 18.9 Å². The Morgan fingerprint density at radius 2 is 2.04 bits per heavy atom. The Labute approximate surface area is 144 Å². The number of amides is 1. The van der Waals surface area contributed by atoms with Crippen molar-refractivity contribution in [1.29, 1.82) is 0 Å². The van der Waals surface area contributed by atoms with Gasteiger partial charge in [-0.2, -0.15) is 0 Å². The van der Waals surface area contributed by atoms with E-state index in [9.17, 15) is 4.79 Å². The highest BCUT2D eigenvalue weighted by molar-refractivity contribution is 5.77. The average molecular weight is 339 g/mol. The lowest BCUT2D eigenvalue weighted by Crippen LogP contribution is -2.24. The van der Waals surface area contributed by atoms with Gasteiger partial charge in [-0.25, -0.2) is 4.98 Å². The van der Waals surface area contributed by atoms with Crippen molar-refractivity contribution in [3.8, 4) is 17.3 Å². The van der Waals surface area contributed by atoms with Crippen LogP contribution < -0.4 is 10.1 Å². The van der Waals surface area contributed by atoms with Crippen molar-refractivity contribution >= 4 is 5.91 Å². The summed E-state index contributed by atoms with van der Waals surface area (Å²) in [7, 11) is 0. The van der Waals surface area contributed by atoms with Gasteiger partial charge in [0.1, 0.15) is 17.9 Å². The molecule has 2 heterocycles. The van der Waals surface area contributed by atoms with Crippen LogP contribution in [-0.2, 0) is 17.8 Å². The zero-order valence-electron chi connectivity index (χ0n) is 13.7. The molecule has 128 valence electrons. The minimum atomic E-state index is -0.205. The fourth-order valence-electron chi connectivity index (χ4n) is 2.11. The maximum Gasteiger partial charge on any atom is 0.267 e. The van der Waals surface area contributed by atoms with Crippen LogP contribution in [0.15, 0.2) is 47.3 Å². The SMILES string of the molecule is CCOc1ccc(CNC(=O)Cc2nnc(-c3cnccn3)o2)cc1. The number of carbonyl (C=O) groups excluding carboxylic acids is 1. The molecular formula is C17H17N5O3. The van der Waals surface area contributed by atoms with E-state index in [4.69, 9.17) is 9.15 Å². The summed E-state index contributed by atoms with van der Waals surface area (Å²) in [5.41, 5.74) is 1.44. The van der Waals surface area contributed by atoms with Crippen LogP contribution in [0.5, 0.6) is 5.75 Å². The van der Waals surface area contributed by atoms with E-state index in [-0.39, 0.29) is 24.1 Å². The van der Waals surface area contributed by atoms with Crippen molar-refractivity contribution in [2.45, 2.75) is 19.9 Å². The van der Waals surface area contributed by atoms with E-state index in [0.717, 1.165) is 11.3 Å². The van der Waals surface area contributed by atoms with E-state index >= 15 is 0 Å². The van der Waals surface area contributed by atoms with Gasteiger partial charge in [-0.1, -0.05) is 12.1 Å². The summed E-state index contributed by atoms with van der Waals surface area (Å²) in [5.74, 6) is 1.07. The van der Waals surface area contributed by atoms with Crippen molar-refractivity contribution in [1.82, 2.24) is 25.5 Å². The zero-order valence-corrected chi connectivity index (χ0v) is 13.7. The summed E-state index contributed by atoms with van der Waals surface area (Å²) in [4.78, 5) is 20.0. The number of ether oxygens (including phenoxy) is 1. The summed E-state index contributed by atoms with van der Waals surface area (Å²) in [6.07, 6.45) is 4.60. The smallest absolute Gasteiger partial charge is 0.267 e. The summed E-state index contributed by atoms with van der Waals surface area (Å²) < 4.78 is 10.8. The maximum absolute atomic E-state index is 12.0. The zero-order chi connectivity index (χ0) is 17.5. The van der Waals surface area contributed by atoms with Crippen LogP contribution in [0, 0.1) is 0 Å². The molecule has 0 saturated carbocycles. The normalized spacial score (nSPS) is 10.4. The first-order valence-electron chi connectivity index (χ1n) is 7.82. The molecule has 0 atom stereocenters. The predicted octanol–water partition coefficient (Wildman–Crippen LogP) is 1.78. The van der Waals surface area contributed by atoms with Crippen LogP contribution in [0.25, 0.3) is 11.6 Å². The maximum atomic E-state index is 12.0. The highest BCUT2D eigenvalue weighted by Crippen LogP contribution is 2.14. The Balaban J connectivity index is 1.52. The van der Waals surface area contributed by atoms with Crippen LogP contribution >= 0.6 is 0 Å². The van der Waals surface area contributed by atoms with Crippen LogP contribution in [0.4, 0.5) is 0 Å². The fourth-order valence-corrected chi connectivity index (χ4v) is 2.11. The Morgan fingerprint density at radius 3 is 2.76 bits per heavy atom. The number of hydrogen-bond donors (Lipinski definition) is 1. The number of nitrogens with zero attached hydrogens (tertiary/aromatic N) is 4. The minimum Gasteiger partial charge on any atom is -0.494 e. The van der Waals surface area contributed by atoms with Gasteiger partial charge in [-0.15, -0.1) is 10.2 Å². The second-order valence-corrected chi connectivity index (χ2v) is 5.12. The number of rotatable bonds is 7. The first-order chi connectivity index (χ1) is 12.2. The predicted molar refractivity (Wildman–Crippen MR) is 88.5 cm³/mol. The second kappa shape index (κ2) is 8.00. The van der Waals surface area contributed by atoms with Crippen molar-refractivity contribution in [2.24, 2.45) is 0 Å². The van der Waals surface area contributed by atoms with E-state index in [2.05, 4.69) is 25.5 Å². The molecule has 0 bridgehead atoms. The molecule has 0 aliphatic rings. The van der Waals surface area contributed by atoms with E-state index < -0.39 is 0 Å². The highest BCUT2D eigenvalue weighted by atomic mass is 16.5. The molecule has 1 N–H and O–H groups in total. The van der Waals surface area contributed by atoms with E-state index in [1.165, 1.54) is 12.4 Å². The van der Waals surface area contributed by atoms with Gasteiger partial charge in [-0.3, -0.25) is 9.78 Å². The third-order valence-corrected chi connectivity index (χ3v) is 3.28. The van der Waals surface area contributed by atoms with Gasteiger partial charge in [-0.05, 0) is 24.6 Å². The summed E-state index contributed by atoms with van der Waals surface area (Å²) in [6.45, 7) is 2.97. The van der Waals surface area contributed by atoms with Gasteiger partial charge in [0.25, 0.3) is 5.89 Å². The molecular weight excluding hydrogens is 322 g/mol. The summed E-state index contributed by atoms with van der Waals surface area (Å²) in [6, 6.07) is 7.56. The molecule has 3 aromatic rings. The van der Waals surface area contributed by atoms with Crippen molar-refractivity contribution in [3.63, 3.8) is 0 Å².